The second-order valence-electron chi connectivity index (χ2n) is 4.49. The highest BCUT2D eigenvalue weighted by Crippen LogP contribution is 2.36. The van der Waals surface area contributed by atoms with Crippen LogP contribution >= 0.6 is 0 Å². The largest absolute Gasteiger partial charge is 0.370 e. The van der Waals surface area contributed by atoms with E-state index in [1.165, 1.54) is 12.8 Å². The summed E-state index contributed by atoms with van der Waals surface area (Å²) in [6.45, 7) is 3.88. The Kier molecular flexibility index (Phi) is 4.11. The number of rotatable bonds is 4. The first-order chi connectivity index (χ1) is 6.64. The number of hydrogen-bond donors (Lipinski definition) is 0. The molecule has 0 N–H and O–H groups in total. The molecule has 0 aromatic rings. The fraction of sp³-hybridized carbons (Fsp3) is 0.917. The molecule has 82 valence electrons. The first kappa shape index (κ1) is 11.7. The highest BCUT2D eigenvalue weighted by Gasteiger charge is 2.38. The van der Waals surface area contributed by atoms with Gasteiger partial charge >= 0.3 is 0 Å². The molecule has 1 aliphatic rings. The molecule has 0 bridgehead atoms. The number of carbonyl (C=O) groups excluding carboxylic acids is 1. The van der Waals surface area contributed by atoms with E-state index in [-0.39, 0.29) is 5.78 Å². The Morgan fingerprint density at radius 1 is 1.43 bits per heavy atom. The molecule has 0 radical (unpaired) electrons. The van der Waals surface area contributed by atoms with Crippen molar-refractivity contribution in [2.24, 2.45) is 5.92 Å². The van der Waals surface area contributed by atoms with E-state index in [1.807, 2.05) is 0 Å². The highest BCUT2D eigenvalue weighted by molar-refractivity contribution is 5.85. The number of methoxy groups -OCH3 is 1. The monoisotopic (exact) mass is 198 g/mol. The number of carbonyl (C=O) groups is 1. The van der Waals surface area contributed by atoms with E-state index in [0.29, 0.717) is 0 Å². The van der Waals surface area contributed by atoms with Crippen LogP contribution in [0.1, 0.15) is 52.4 Å². The fourth-order valence-corrected chi connectivity index (χ4v) is 2.54. The third-order valence-electron chi connectivity index (χ3n) is 3.64. The maximum atomic E-state index is 11.5. The van der Waals surface area contributed by atoms with Gasteiger partial charge in [-0.1, -0.05) is 19.8 Å². The molecule has 0 saturated heterocycles. The van der Waals surface area contributed by atoms with Gasteiger partial charge < -0.3 is 4.74 Å². The summed E-state index contributed by atoms with van der Waals surface area (Å²) in [5.41, 5.74) is -0.440. The van der Waals surface area contributed by atoms with Crippen molar-refractivity contribution in [2.45, 2.75) is 58.0 Å². The van der Waals surface area contributed by atoms with E-state index in [0.717, 1.165) is 31.6 Å². The summed E-state index contributed by atoms with van der Waals surface area (Å²) in [4.78, 5) is 11.5. The Hall–Kier alpha value is -0.370. The third-order valence-corrected chi connectivity index (χ3v) is 3.64. The molecule has 0 unspecified atom stereocenters. The van der Waals surface area contributed by atoms with Crippen LogP contribution in [0.15, 0.2) is 0 Å². The van der Waals surface area contributed by atoms with Gasteiger partial charge in [0.2, 0.25) is 0 Å². The molecule has 2 nitrogen and oxygen atoms in total. The molecular weight excluding hydrogens is 176 g/mol. The lowest BCUT2D eigenvalue weighted by atomic mass is 9.75. The first-order valence-corrected chi connectivity index (χ1v) is 5.71. The molecule has 0 aliphatic heterocycles. The number of hydrogen-bond acceptors (Lipinski definition) is 2. The topological polar surface area (TPSA) is 26.3 Å². The summed E-state index contributed by atoms with van der Waals surface area (Å²) < 4.78 is 5.42. The molecule has 1 fully saturated rings. The second kappa shape index (κ2) is 4.92. The van der Waals surface area contributed by atoms with Crippen LogP contribution in [0.5, 0.6) is 0 Å². The molecule has 0 heterocycles. The molecule has 0 atom stereocenters. The van der Waals surface area contributed by atoms with Crippen LogP contribution in [-0.2, 0) is 9.53 Å². The minimum absolute atomic E-state index is 0.204. The summed E-state index contributed by atoms with van der Waals surface area (Å²) in [5.74, 6) is 1.03. The van der Waals surface area contributed by atoms with E-state index in [9.17, 15) is 4.79 Å². The van der Waals surface area contributed by atoms with Gasteiger partial charge in [0.05, 0.1) is 0 Å². The predicted molar refractivity (Wildman–Crippen MR) is 57.3 cm³/mol. The minimum Gasteiger partial charge on any atom is -0.370 e. The molecule has 0 amide bonds. The van der Waals surface area contributed by atoms with E-state index >= 15 is 0 Å². The molecule has 0 spiro atoms. The molecule has 14 heavy (non-hydrogen) atoms. The number of ketones is 1. The van der Waals surface area contributed by atoms with Crippen molar-refractivity contribution in [3.05, 3.63) is 0 Å². The minimum atomic E-state index is -0.440. The zero-order valence-corrected chi connectivity index (χ0v) is 9.64. The van der Waals surface area contributed by atoms with Gasteiger partial charge in [0.15, 0.2) is 5.78 Å². The van der Waals surface area contributed by atoms with E-state index < -0.39 is 5.60 Å². The van der Waals surface area contributed by atoms with E-state index in [4.69, 9.17) is 4.74 Å². The second-order valence-corrected chi connectivity index (χ2v) is 4.49. The van der Waals surface area contributed by atoms with Crippen LogP contribution in [0.2, 0.25) is 0 Å². The Morgan fingerprint density at radius 3 is 2.36 bits per heavy atom. The van der Waals surface area contributed by atoms with Crippen LogP contribution < -0.4 is 0 Å². The van der Waals surface area contributed by atoms with Gasteiger partial charge in [-0.05, 0) is 38.5 Å². The Morgan fingerprint density at radius 2 is 2.00 bits per heavy atom. The van der Waals surface area contributed by atoms with Crippen molar-refractivity contribution < 1.29 is 9.53 Å². The van der Waals surface area contributed by atoms with Crippen molar-refractivity contribution in [3.8, 4) is 0 Å². The van der Waals surface area contributed by atoms with Crippen LogP contribution in [-0.4, -0.2) is 18.5 Å². The number of ether oxygens (including phenoxy) is 1. The zero-order valence-electron chi connectivity index (χ0n) is 9.64. The first-order valence-electron chi connectivity index (χ1n) is 5.71. The average Bonchev–Trinajstić information content (AvgIpc) is 2.19. The van der Waals surface area contributed by atoms with E-state index in [1.54, 1.807) is 14.0 Å². The molecule has 1 aliphatic carbocycles. The lowest BCUT2D eigenvalue weighted by Gasteiger charge is -2.37. The SMILES string of the molecule is CCCC1CCC(OC)(C(C)=O)CC1. The molecule has 0 aromatic heterocycles. The van der Waals surface area contributed by atoms with Crippen molar-refractivity contribution in [2.75, 3.05) is 7.11 Å². The molecule has 1 saturated carbocycles. The third kappa shape index (κ3) is 2.35. The van der Waals surface area contributed by atoms with Crippen molar-refractivity contribution in [1.82, 2.24) is 0 Å². The lowest BCUT2D eigenvalue weighted by molar-refractivity contribution is -0.144. The average molecular weight is 198 g/mol. The molecule has 2 heteroatoms. The van der Waals surface area contributed by atoms with E-state index in [2.05, 4.69) is 6.92 Å². The summed E-state index contributed by atoms with van der Waals surface area (Å²) in [5, 5.41) is 0. The summed E-state index contributed by atoms with van der Waals surface area (Å²) in [6.07, 6.45) is 6.71. The van der Waals surface area contributed by atoms with Gasteiger partial charge in [-0.2, -0.15) is 0 Å². The Balaban J connectivity index is 2.50. The Labute approximate surface area is 87.0 Å². The normalized spacial score (nSPS) is 32.9. The van der Waals surface area contributed by atoms with Gasteiger partial charge in [-0.25, -0.2) is 0 Å². The van der Waals surface area contributed by atoms with Gasteiger partial charge in [0.1, 0.15) is 5.60 Å². The van der Waals surface area contributed by atoms with Gasteiger partial charge in [0.25, 0.3) is 0 Å². The molecule has 0 aromatic carbocycles. The van der Waals surface area contributed by atoms with Crippen molar-refractivity contribution >= 4 is 5.78 Å². The van der Waals surface area contributed by atoms with Gasteiger partial charge in [-0.15, -0.1) is 0 Å². The number of Topliss-reactive ketones (excluding diaryl/α,β-unsaturated/α-hetero) is 1. The van der Waals surface area contributed by atoms with Crippen molar-refractivity contribution in [3.63, 3.8) is 0 Å². The maximum absolute atomic E-state index is 11.5. The zero-order chi connectivity index (χ0) is 10.6. The fourth-order valence-electron chi connectivity index (χ4n) is 2.54. The smallest absolute Gasteiger partial charge is 0.161 e. The van der Waals surface area contributed by atoms with Gasteiger partial charge in [0, 0.05) is 7.11 Å². The summed E-state index contributed by atoms with van der Waals surface area (Å²) >= 11 is 0. The standard InChI is InChI=1S/C12H22O2/c1-4-5-11-6-8-12(14-3,9-7-11)10(2)13/h11H,4-9H2,1-3H3. The van der Waals surface area contributed by atoms with Gasteiger partial charge in [-0.3, -0.25) is 4.79 Å². The van der Waals surface area contributed by atoms with Crippen LogP contribution in [0.3, 0.4) is 0 Å². The van der Waals surface area contributed by atoms with Crippen LogP contribution in [0.4, 0.5) is 0 Å². The van der Waals surface area contributed by atoms with Crippen molar-refractivity contribution in [1.29, 1.82) is 0 Å². The summed E-state index contributed by atoms with van der Waals surface area (Å²) in [6, 6.07) is 0. The summed E-state index contributed by atoms with van der Waals surface area (Å²) in [7, 11) is 1.67. The van der Waals surface area contributed by atoms with Crippen LogP contribution in [0, 0.1) is 5.92 Å². The molecular formula is C12H22O2. The quantitative estimate of drug-likeness (QED) is 0.694. The maximum Gasteiger partial charge on any atom is 0.161 e. The van der Waals surface area contributed by atoms with Crippen LogP contribution in [0.25, 0.3) is 0 Å². The Bertz CT molecular complexity index is 190. The lowest BCUT2D eigenvalue weighted by Crippen LogP contribution is -2.42. The predicted octanol–water partition coefficient (Wildman–Crippen LogP) is 2.95. The molecule has 1 rings (SSSR count). The highest BCUT2D eigenvalue weighted by atomic mass is 16.5.